The highest BCUT2D eigenvalue weighted by Gasteiger charge is 2.06. The van der Waals surface area contributed by atoms with Crippen molar-refractivity contribution in [1.82, 2.24) is 5.32 Å². The van der Waals surface area contributed by atoms with Crippen molar-refractivity contribution in [2.45, 2.75) is 39.5 Å². The molecule has 0 aliphatic heterocycles. The molecule has 0 bridgehead atoms. The van der Waals surface area contributed by atoms with E-state index in [-0.39, 0.29) is 5.91 Å². The number of carbonyl (C=O) groups is 2. The monoisotopic (exact) mass is 227 g/mol. The predicted molar refractivity (Wildman–Crippen MR) is 63.1 cm³/mol. The number of unbranched alkanes of at least 4 members (excludes halogenated alkanes) is 1. The Labute approximate surface area is 96.7 Å². The standard InChI is InChI=1S/C12H21NO3/c1-3-5-6-10(4-2)9-13-11(14)7-8-12(15)16/h7-8,10H,3-6,9H2,1-2H3,(H,13,14)(H,15,16)/b8-7+/t10-/m0/s1. The summed E-state index contributed by atoms with van der Waals surface area (Å²) in [6.45, 7) is 4.86. The average Bonchev–Trinajstić information content (AvgIpc) is 2.26. The van der Waals surface area contributed by atoms with Crippen LogP contribution < -0.4 is 5.32 Å². The van der Waals surface area contributed by atoms with Crippen molar-refractivity contribution < 1.29 is 14.7 Å². The molecule has 0 rings (SSSR count). The Morgan fingerprint density at radius 2 is 2.00 bits per heavy atom. The van der Waals surface area contributed by atoms with E-state index in [2.05, 4.69) is 19.2 Å². The number of nitrogens with one attached hydrogen (secondary N) is 1. The molecule has 1 atom stereocenters. The van der Waals surface area contributed by atoms with E-state index in [1.165, 1.54) is 6.42 Å². The summed E-state index contributed by atoms with van der Waals surface area (Å²) in [5, 5.41) is 11.0. The summed E-state index contributed by atoms with van der Waals surface area (Å²) >= 11 is 0. The molecule has 16 heavy (non-hydrogen) atoms. The second-order valence-electron chi connectivity index (χ2n) is 3.83. The lowest BCUT2D eigenvalue weighted by Gasteiger charge is -2.14. The van der Waals surface area contributed by atoms with E-state index < -0.39 is 5.97 Å². The molecule has 4 nitrogen and oxygen atoms in total. The van der Waals surface area contributed by atoms with Crippen LogP contribution >= 0.6 is 0 Å². The molecule has 0 saturated carbocycles. The van der Waals surface area contributed by atoms with Gasteiger partial charge in [-0.05, 0) is 12.3 Å². The highest BCUT2D eigenvalue weighted by atomic mass is 16.4. The second-order valence-corrected chi connectivity index (χ2v) is 3.83. The van der Waals surface area contributed by atoms with Crippen LogP contribution in [0.4, 0.5) is 0 Å². The number of hydrogen-bond acceptors (Lipinski definition) is 2. The number of aliphatic carboxylic acids is 1. The number of carboxylic acids is 1. The van der Waals surface area contributed by atoms with Crippen molar-refractivity contribution in [3.63, 3.8) is 0 Å². The minimum absolute atomic E-state index is 0.336. The van der Waals surface area contributed by atoms with Crippen LogP contribution in [0.1, 0.15) is 39.5 Å². The summed E-state index contributed by atoms with van der Waals surface area (Å²) in [5.74, 6) is -0.951. The van der Waals surface area contributed by atoms with E-state index in [1.54, 1.807) is 0 Å². The molecular weight excluding hydrogens is 206 g/mol. The van der Waals surface area contributed by atoms with Crippen LogP contribution in [0.5, 0.6) is 0 Å². The first kappa shape index (κ1) is 14.7. The van der Waals surface area contributed by atoms with Crippen molar-refractivity contribution in [3.05, 3.63) is 12.2 Å². The molecule has 1 amide bonds. The Morgan fingerprint density at radius 3 is 2.50 bits per heavy atom. The maximum absolute atomic E-state index is 11.2. The third-order valence-electron chi connectivity index (χ3n) is 2.49. The molecule has 0 aliphatic rings. The van der Waals surface area contributed by atoms with Crippen molar-refractivity contribution in [1.29, 1.82) is 0 Å². The topological polar surface area (TPSA) is 66.4 Å². The van der Waals surface area contributed by atoms with Gasteiger partial charge in [-0.2, -0.15) is 0 Å². The van der Waals surface area contributed by atoms with Gasteiger partial charge in [0.15, 0.2) is 0 Å². The Kier molecular flexibility index (Phi) is 8.21. The molecule has 0 unspecified atom stereocenters. The van der Waals surface area contributed by atoms with E-state index in [0.717, 1.165) is 31.4 Å². The van der Waals surface area contributed by atoms with Crippen LogP contribution in [-0.2, 0) is 9.59 Å². The van der Waals surface area contributed by atoms with Crippen LogP contribution in [0.25, 0.3) is 0 Å². The minimum atomic E-state index is -1.10. The lowest BCUT2D eigenvalue weighted by molar-refractivity contribution is -0.131. The maximum Gasteiger partial charge on any atom is 0.328 e. The van der Waals surface area contributed by atoms with E-state index >= 15 is 0 Å². The van der Waals surface area contributed by atoms with Crippen LogP contribution in [0.2, 0.25) is 0 Å². The van der Waals surface area contributed by atoms with Crippen molar-refractivity contribution >= 4 is 11.9 Å². The highest BCUT2D eigenvalue weighted by Crippen LogP contribution is 2.10. The number of rotatable bonds is 8. The van der Waals surface area contributed by atoms with Gasteiger partial charge in [-0.3, -0.25) is 4.79 Å². The first-order valence-electron chi connectivity index (χ1n) is 5.79. The molecule has 0 radical (unpaired) electrons. The zero-order valence-corrected chi connectivity index (χ0v) is 10.0. The molecule has 0 aliphatic carbocycles. The molecule has 0 aromatic rings. The Morgan fingerprint density at radius 1 is 1.31 bits per heavy atom. The van der Waals surface area contributed by atoms with Gasteiger partial charge in [0, 0.05) is 18.7 Å². The minimum Gasteiger partial charge on any atom is -0.478 e. The SMILES string of the molecule is CCCC[C@H](CC)CNC(=O)/C=C/C(=O)O. The van der Waals surface area contributed by atoms with Crippen LogP contribution in [-0.4, -0.2) is 23.5 Å². The number of amides is 1. The fraction of sp³-hybridized carbons (Fsp3) is 0.667. The first-order chi connectivity index (χ1) is 7.60. The molecule has 0 saturated heterocycles. The summed E-state index contributed by atoms with van der Waals surface area (Å²) in [7, 11) is 0. The Bertz CT molecular complexity index is 249. The third kappa shape index (κ3) is 8.03. The number of hydrogen-bond donors (Lipinski definition) is 2. The zero-order chi connectivity index (χ0) is 12.4. The predicted octanol–water partition coefficient (Wildman–Crippen LogP) is 1.96. The highest BCUT2D eigenvalue weighted by molar-refractivity contribution is 5.93. The van der Waals surface area contributed by atoms with Gasteiger partial charge < -0.3 is 10.4 Å². The van der Waals surface area contributed by atoms with E-state index in [4.69, 9.17) is 5.11 Å². The molecular formula is C12H21NO3. The molecule has 2 N–H and O–H groups in total. The molecule has 0 aromatic carbocycles. The van der Waals surface area contributed by atoms with Gasteiger partial charge in [0.2, 0.25) is 5.91 Å². The van der Waals surface area contributed by atoms with Crippen LogP contribution in [0.15, 0.2) is 12.2 Å². The molecule has 4 heteroatoms. The summed E-state index contributed by atoms with van der Waals surface area (Å²) in [6, 6.07) is 0. The smallest absolute Gasteiger partial charge is 0.328 e. The number of carboxylic acid groups (broad SMARTS) is 1. The summed E-state index contributed by atoms with van der Waals surface area (Å²) in [4.78, 5) is 21.4. The molecule has 0 heterocycles. The molecule has 92 valence electrons. The summed E-state index contributed by atoms with van der Waals surface area (Å²) in [6.07, 6.45) is 6.36. The normalized spacial score (nSPS) is 12.6. The van der Waals surface area contributed by atoms with Crippen LogP contribution in [0.3, 0.4) is 0 Å². The average molecular weight is 227 g/mol. The second kappa shape index (κ2) is 8.95. The summed E-state index contributed by atoms with van der Waals surface area (Å²) < 4.78 is 0. The van der Waals surface area contributed by atoms with E-state index in [0.29, 0.717) is 12.5 Å². The maximum atomic E-state index is 11.2. The molecule has 0 fully saturated rings. The fourth-order valence-electron chi connectivity index (χ4n) is 1.39. The van der Waals surface area contributed by atoms with Gasteiger partial charge in [0.1, 0.15) is 0 Å². The quantitative estimate of drug-likeness (QED) is 0.623. The van der Waals surface area contributed by atoms with Crippen LogP contribution in [0, 0.1) is 5.92 Å². The Hall–Kier alpha value is -1.32. The summed E-state index contributed by atoms with van der Waals surface area (Å²) in [5.41, 5.74) is 0. The van der Waals surface area contributed by atoms with Crippen molar-refractivity contribution in [3.8, 4) is 0 Å². The number of carbonyl (C=O) groups excluding carboxylic acids is 1. The lowest BCUT2D eigenvalue weighted by atomic mass is 9.99. The first-order valence-corrected chi connectivity index (χ1v) is 5.79. The molecule has 0 aromatic heterocycles. The largest absolute Gasteiger partial charge is 0.478 e. The van der Waals surface area contributed by atoms with Gasteiger partial charge in [0.25, 0.3) is 0 Å². The van der Waals surface area contributed by atoms with E-state index in [1.807, 2.05) is 0 Å². The van der Waals surface area contributed by atoms with Gasteiger partial charge in [0.05, 0.1) is 0 Å². The Balaban J connectivity index is 3.83. The van der Waals surface area contributed by atoms with Crippen molar-refractivity contribution in [2.24, 2.45) is 5.92 Å². The lowest BCUT2D eigenvalue weighted by Crippen LogP contribution is -2.27. The van der Waals surface area contributed by atoms with Gasteiger partial charge in [-0.15, -0.1) is 0 Å². The van der Waals surface area contributed by atoms with Gasteiger partial charge in [-0.25, -0.2) is 4.79 Å². The van der Waals surface area contributed by atoms with E-state index in [9.17, 15) is 9.59 Å². The zero-order valence-electron chi connectivity index (χ0n) is 10.0. The fourth-order valence-corrected chi connectivity index (χ4v) is 1.39. The molecule has 0 spiro atoms. The van der Waals surface area contributed by atoms with Gasteiger partial charge >= 0.3 is 5.97 Å². The van der Waals surface area contributed by atoms with Gasteiger partial charge in [-0.1, -0.05) is 33.1 Å². The van der Waals surface area contributed by atoms with Crippen molar-refractivity contribution in [2.75, 3.05) is 6.54 Å². The third-order valence-corrected chi connectivity index (χ3v) is 2.49.